The van der Waals surface area contributed by atoms with Gasteiger partial charge in [-0.25, -0.2) is 4.98 Å². The third-order valence-electron chi connectivity index (χ3n) is 5.54. The highest BCUT2D eigenvalue weighted by atomic mass is 32.2. The van der Waals surface area contributed by atoms with Crippen LogP contribution in [0.5, 0.6) is 0 Å². The third kappa shape index (κ3) is 3.73. The van der Waals surface area contributed by atoms with Crippen molar-refractivity contribution in [1.82, 2.24) is 9.55 Å². The van der Waals surface area contributed by atoms with Crippen LogP contribution in [-0.2, 0) is 24.7 Å². The number of nitrogens with one attached hydrogen (secondary N) is 1. The first-order valence-corrected chi connectivity index (χ1v) is 11.6. The smallest absolute Gasteiger partial charge is 0.262 e. The molecule has 3 aromatic rings. The fourth-order valence-electron chi connectivity index (χ4n) is 3.82. The molecule has 0 radical (unpaired) electrons. The van der Waals surface area contributed by atoms with E-state index in [1.54, 1.807) is 23.0 Å². The minimum atomic E-state index is -0.376. The summed E-state index contributed by atoms with van der Waals surface area (Å²) in [6.45, 7) is 5.82. The summed E-state index contributed by atoms with van der Waals surface area (Å²) in [4.78, 5) is 32.7. The van der Waals surface area contributed by atoms with E-state index in [0.717, 1.165) is 46.3 Å². The molecular weight excluding hydrogens is 402 g/mol. The molecule has 7 heteroatoms. The van der Waals surface area contributed by atoms with Gasteiger partial charge in [0.1, 0.15) is 4.83 Å². The van der Waals surface area contributed by atoms with Crippen molar-refractivity contribution < 1.29 is 4.79 Å². The maximum atomic E-state index is 13.0. The number of carbonyl (C=O) groups excluding carboxylic acids is 1. The number of anilines is 1. The summed E-state index contributed by atoms with van der Waals surface area (Å²) in [5.41, 5.74) is 4.12. The summed E-state index contributed by atoms with van der Waals surface area (Å²) in [5.74, 6) is -0.0905. The van der Waals surface area contributed by atoms with E-state index in [-0.39, 0.29) is 16.7 Å². The lowest BCUT2D eigenvalue weighted by Crippen LogP contribution is -2.26. The van der Waals surface area contributed by atoms with Crippen molar-refractivity contribution in [2.75, 3.05) is 5.32 Å². The number of fused-ring (bicyclic) bond motifs is 3. The molecule has 1 aliphatic rings. The number of benzene rings is 1. The van der Waals surface area contributed by atoms with E-state index in [1.165, 1.54) is 28.6 Å². The lowest BCUT2D eigenvalue weighted by atomic mass is 9.97. The number of nitrogens with zero attached hydrogens (tertiary/aromatic N) is 2. The Labute approximate surface area is 178 Å². The Bertz CT molecular complexity index is 1140. The molecule has 1 N–H and O–H groups in total. The first-order chi connectivity index (χ1) is 13.9. The average Bonchev–Trinajstić information content (AvgIpc) is 3.06. The molecule has 2 heterocycles. The molecule has 4 rings (SSSR count). The Morgan fingerprint density at radius 3 is 2.66 bits per heavy atom. The Morgan fingerprint density at radius 2 is 1.93 bits per heavy atom. The number of aromatic nitrogens is 2. The first-order valence-electron chi connectivity index (χ1n) is 9.92. The molecule has 0 saturated heterocycles. The quantitative estimate of drug-likeness (QED) is 0.488. The largest absolute Gasteiger partial charge is 0.325 e. The summed E-state index contributed by atoms with van der Waals surface area (Å²) >= 11 is 2.97. The molecule has 0 unspecified atom stereocenters. The lowest BCUT2D eigenvalue weighted by Gasteiger charge is -2.16. The normalized spacial score (nSPS) is 14.6. The van der Waals surface area contributed by atoms with E-state index in [9.17, 15) is 9.59 Å². The Hall–Kier alpha value is -2.12. The van der Waals surface area contributed by atoms with Crippen LogP contribution in [0.1, 0.15) is 41.3 Å². The van der Waals surface area contributed by atoms with Crippen LogP contribution in [0.3, 0.4) is 0 Å². The van der Waals surface area contributed by atoms with E-state index in [4.69, 9.17) is 4.98 Å². The van der Waals surface area contributed by atoms with Gasteiger partial charge in [0.25, 0.3) is 5.56 Å². The second kappa shape index (κ2) is 7.95. The standard InChI is InChI=1S/C22H25N3O2S2/c1-12-8-7-9-13(2)18(12)23-19(26)14(3)28-22-24-20-17(21(27)25(22)4)15-10-5-6-11-16(15)29-20/h7-9,14H,5-6,10-11H2,1-4H3,(H,23,26)/t14-/m1/s1. The second-order valence-corrected chi connectivity index (χ2v) is 10.1. The van der Waals surface area contributed by atoms with Crippen molar-refractivity contribution in [3.63, 3.8) is 0 Å². The molecule has 152 valence electrons. The predicted octanol–water partition coefficient (Wildman–Crippen LogP) is 4.61. The summed E-state index contributed by atoms with van der Waals surface area (Å²) in [6.07, 6.45) is 4.31. The molecule has 29 heavy (non-hydrogen) atoms. The zero-order valence-electron chi connectivity index (χ0n) is 17.2. The van der Waals surface area contributed by atoms with Crippen LogP contribution < -0.4 is 10.9 Å². The lowest BCUT2D eigenvalue weighted by molar-refractivity contribution is -0.115. The molecule has 1 amide bonds. The van der Waals surface area contributed by atoms with Crippen LogP contribution in [0.2, 0.25) is 0 Å². The van der Waals surface area contributed by atoms with Crippen LogP contribution in [0.25, 0.3) is 10.2 Å². The van der Waals surface area contributed by atoms with Gasteiger partial charge in [-0.2, -0.15) is 0 Å². The number of aryl methyl sites for hydroxylation is 4. The van der Waals surface area contributed by atoms with Crippen molar-refractivity contribution >= 4 is 44.9 Å². The highest BCUT2D eigenvalue weighted by Crippen LogP contribution is 2.35. The van der Waals surface area contributed by atoms with Crippen molar-refractivity contribution in [3.05, 3.63) is 50.1 Å². The SMILES string of the molecule is Cc1cccc(C)c1NC(=O)[C@@H](C)Sc1nc2sc3c(c2c(=O)n1C)CCCC3. The Balaban J connectivity index is 1.61. The van der Waals surface area contributed by atoms with Crippen LogP contribution >= 0.6 is 23.1 Å². The van der Waals surface area contributed by atoms with Crippen LogP contribution in [0.15, 0.2) is 28.2 Å². The molecule has 5 nitrogen and oxygen atoms in total. The minimum Gasteiger partial charge on any atom is -0.325 e. The third-order valence-corrected chi connectivity index (χ3v) is 7.87. The van der Waals surface area contributed by atoms with Crippen LogP contribution in [-0.4, -0.2) is 20.7 Å². The number of hydrogen-bond donors (Lipinski definition) is 1. The maximum absolute atomic E-state index is 13.0. The fourth-order valence-corrected chi connectivity index (χ4v) is 6.00. The van der Waals surface area contributed by atoms with Gasteiger partial charge in [0, 0.05) is 17.6 Å². The van der Waals surface area contributed by atoms with Crippen molar-refractivity contribution in [2.45, 2.75) is 56.9 Å². The number of para-hydroxylation sites is 1. The van der Waals surface area contributed by atoms with Crippen LogP contribution in [0.4, 0.5) is 5.69 Å². The molecule has 1 atom stereocenters. The van der Waals surface area contributed by atoms with Gasteiger partial charge in [-0.15, -0.1) is 11.3 Å². The highest BCUT2D eigenvalue weighted by molar-refractivity contribution is 8.00. The van der Waals surface area contributed by atoms with E-state index >= 15 is 0 Å². The van der Waals surface area contributed by atoms with Gasteiger partial charge >= 0.3 is 0 Å². The molecule has 0 saturated carbocycles. The van der Waals surface area contributed by atoms with E-state index in [2.05, 4.69) is 5.32 Å². The topological polar surface area (TPSA) is 64.0 Å². The predicted molar refractivity (Wildman–Crippen MR) is 121 cm³/mol. The molecule has 2 aromatic heterocycles. The highest BCUT2D eigenvalue weighted by Gasteiger charge is 2.23. The van der Waals surface area contributed by atoms with Crippen molar-refractivity contribution in [2.24, 2.45) is 7.05 Å². The minimum absolute atomic E-state index is 0.000688. The zero-order chi connectivity index (χ0) is 20.7. The zero-order valence-corrected chi connectivity index (χ0v) is 18.8. The molecule has 0 aliphatic heterocycles. The number of thioether (sulfide) groups is 1. The monoisotopic (exact) mass is 427 g/mol. The molecule has 1 aromatic carbocycles. The van der Waals surface area contributed by atoms with Gasteiger partial charge in [-0.1, -0.05) is 30.0 Å². The van der Waals surface area contributed by atoms with Gasteiger partial charge in [0.15, 0.2) is 5.16 Å². The summed E-state index contributed by atoms with van der Waals surface area (Å²) in [6, 6.07) is 5.95. The van der Waals surface area contributed by atoms with Crippen molar-refractivity contribution in [3.8, 4) is 0 Å². The summed E-state index contributed by atoms with van der Waals surface area (Å²) < 4.78 is 1.59. The second-order valence-electron chi connectivity index (χ2n) is 7.67. The molecular formula is C22H25N3O2S2. The number of amides is 1. The van der Waals surface area contributed by atoms with Crippen LogP contribution in [0, 0.1) is 13.8 Å². The Kier molecular flexibility index (Phi) is 5.53. The maximum Gasteiger partial charge on any atom is 0.262 e. The number of carbonyl (C=O) groups is 1. The van der Waals surface area contributed by atoms with Gasteiger partial charge in [0.05, 0.1) is 10.6 Å². The van der Waals surface area contributed by atoms with Gasteiger partial charge in [-0.3, -0.25) is 14.2 Å². The van der Waals surface area contributed by atoms with Gasteiger partial charge in [-0.05, 0) is 63.1 Å². The number of rotatable bonds is 4. The molecule has 0 fully saturated rings. The van der Waals surface area contributed by atoms with Crippen molar-refractivity contribution in [1.29, 1.82) is 0 Å². The number of thiophene rings is 1. The van der Waals surface area contributed by atoms with E-state index in [0.29, 0.717) is 5.16 Å². The van der Waals surface area contributed by atoms with Gasteiger partial charge < -0.3 is 5.32 Å². The molecule has 1 aliphatic carbocycles. The molecule has 0 bridgehead atoms. The van der Waals surface area contributed by atoms with E-state index in [1.807, 2.05) is 39.0 Å². The number of hydrogen-bond acceptors (Lipinski definition) is 5. The summed E-state index contributed by atoms with van der Waals surface area (Å²) in [5, 5.41) is 4.03. The fraction of sp³-hybridized carbons (Fsp3) is 0.409. The first kappa shape index (κ1) is 20.2. The summed E-state index contributed by atoms with van der Waals surface area (Å²) in [7, 11) is 1.75. The van der Waals surface area contributed by atoms with E-state index < -0.39 is 0 Å². The van der Waals surface area contributed by atoms with Gasteiger partial charge in [0.2, 0.25) is 5.91 Å². The Morgan fingerprint density at radius 1 is 1.24 bits per heavy atom. The average molecular weight is 428 g/mol. The molecule has 0 spiro atoms.